The second kappa shape index (κ2) is 5.93. The molecule has 0 saturated carbocycles. The van der Waals surface area contributed by atoms with Gasteiger partial charge in [0.2, 0.25) is 0 Å². The summed E-state index contributed by atoms with van der Waals surface area (Å²) < 4.78 is 0. The predicted molar refractivity (Wildman–Crippen MR) is 75.4 cm³/mol. The zero-order valence-corrected chi connectivity index (χ0v) is 11.2. The lowest BCUT2D eigenvalue weighted by atomic mass is 10.1. The number of anilines is 2. The van der Waals surface area contributed by atoms with Crippen LogP contribution >= 0.6 is 23.2 Å². The molecule has 0 spiro atoms. The SMILES string of the molecule is O=C(NO)c1ccccc1Nc1ccc(Cl)c(Cl)c1. The summed E-state index contributed by atoms with van der Waals surface area (Å²) in [5.74, 6) is -0.594. The van der Waals surface area contributed by atoms with Gasteiger partial charge in [-0.05, 0) is 30.3 Å². The summed E-state index contributed by atoms with van der Waals surface area (Å²) in [6.07, 6.45) is 0. The van der Waals surface area contributed by atoms with E-state index in [2.05, 4.69) is 5.32 Å². The number of hydroxylamine groups is 1. The molecular weight excluding hydrogens is 287 g/mol. The van der Waals surface area contributed by atoms with E-state index in [1.807, 2.05) is 0 Å². The van der Waals surface area contributed by atoms with Gasteiger partial charge in [-0.3, -0.25) is 10.0 Å². The smallest absolute Gasteiger partial charge is 0.276 e. The van der Waals surface area contributed by atoms with Crippen molar-refractivity contribution < 1.29 is 10.0 Å². The van der Waals surface area contributed by atoms with Crippen molar-refractivity contribution in [2.24, 2.45) is 0 Å². The zero-order valence-electron chi connectivity index (χ0n) is 9.65. The second-order valence-electron chi connectivity index (χ2n) is 3.74. The van der Waals surface area contributed by atoms with Crippen molar-refractivity contribution in [2.75, 3.05) is 5.32 Å². The summed E-state index contributed by atoms with van der Waals surface area (Å²) in [7, 11) is 0. The molecule has 1 amide bonds. The molecule has 0 aliphatic heterocycles. The Labute approximate surface area is 119 Å². The Morgan fingerprint density at radius 2 is 1.79 bits per heavy atom. The number of para-hydroxylation sites is 1. The monoisotopic (exact) mass is 296 g/mol. The summed E-state index contributed by atoms with van der Waals surface area (Å²) in [5, 5.41) is 12.6. The van der Waals surface area contributed by atoms with E-state index in [4.69, 9.17) is 28.4 Å². The average Bonchev–Trinajstić information content (AvgIpc) is 2.43. The van der Waals surface area contributed by atoms with Crippen LogP contribution in [0.25, 0.3) is 0 Å². The average molecular weight is 297 g/mol. The van der Waals surface area contributed by atoms with Gasteiger partial charge < -0.3 is 5.32 Å². The predicted octanol–water partition coefficient (Wildman–Crippen LogP) is 3.86. The highest BCUT2D eigenvalue weighted by molar-refractivity contribution is 6.42. The van der Waals surface area contributed by atoms with Gasteiger partial charge in [0.25, 0.3) is 5.91 Å². The van der Waals surface area contributed by atoms with Gasteiger partial charge in [-0.15, -0.1) is 0 Å². The first-order valence-corrected chi connectivity index (χ1v) is 6.13. The van der Waals surface area contributed by atoms with E-state index in [1.165, 1.54) is 0 Å². The number of hydrogen-bond donors (Lipinski definition) is 3. The number of hydrogen-bond acceptors (Lipinski definition) is 3. The van der Waals surface area contributed by atoms with E-state index in [0.29, 0.717) is 27.0 Å². The van der Waals surface area contributed by atoms with E-state index in [0.717, 1.165) is 0 Å². The molecule has 98 valence electrons. The molecule has 0 bridgehead atoms. The molecule has 4 nitrogen and oxygen atoms in total. The summed E-state index contributed by atoms with van der Waals surface area (Å²) in [6.45, 7) is 0. The third kappa shape index (κ3) is 3.17. The molecule has 0 saturated heterocycles. The lowest BCUT2D eigenvalue weighted by molar-refractivity contribution is 0.0707. The fourth-order valence-electron chi connectivity index (χ4n) is 1.58. The Bertz CT molecular complexity index is 617. The highest BCUT2D eigenvalue weighted by atomic mass is 35.5. The van der Waals surface area contributed by atoms with Crippen molar-refractivity contribution in [1.82, 2.24) is 5.48 Å². The molecule has 0 aliphatic carbocycles. The molecule has 0 aliphatic rings. The van der Waals surface area contributed by atoms with Crippen LogP contribution in [0.1, 0.15) is 10.4 Å². The number of nitrogens with one attached hydrogen (secondary N) is 2. The summed E-state index contributed by atoms with van der Waals surface area (Å²) in [5.41, 5.74) is 3.15. The maximum Gasteiger partial charge on any atom is 0.276 e. The maximum absolute atomic E-state index is 11.5. The van der Waals surface area contributed by atoms with Crippen LogP contribution in [-0.2, 0) is 0 Å². The van der Waals surface area contributed by atoms with Crippen molar-refractivity contribution in [2.45, 2.75) is 0 Å². The largest absolute Gasteiger partial charge is 0.355 e. The fourth-order valence-corrected chi connectivity index (χ4v) is 1.88. The minimum atomic E-state index is -0.594. The molecule has 2 rings (SSSR count). The highest BCUT2D eigenvalue weighted by Gasteiger charge is 2.10. The number of amides is 1. The van der Waals surface area contributed by atoms with Gasteiger partial charge in [-0.2, -0.15) is 0 Å². The highest BCUT2D eigenvalue weighted by Crippen LogP contribution is 2.28. The standard InChI is InChI=1S/C13H10Cl2N2O2/c14-10-6-5-8(7-11(10)15)16-12-4-2-1-3-9(12)13(18)17-19/h1-7,16,19H,(H,17,18). The lowest BCUT2D eigenvalue weighted by Crippen LogP contribution is -2.19. The van der Waals surface area contributed by atoms with E-state index < -0.39 is 5.91 Å². The number of benzene rings is 2. The third-order valence-electron chi connectivity index (χ3n) is 2.47. The molecule has 0 aromatic heterocycles. The van der Waals surface area contributed by atoms with Crippen molar-refractivity contribution in [1.29, 1.82) is 0 Å². The number of halogens is 2. The van der Waals surface area contributed by atoms with Crippen molar-refractivity contribution in [3.63, 3.8) is 0 Å². The first-order chi connectivity index (χ1) is 9.11. The quantitative estimate of drug-likeness (QED) is 0.595. The molecule has 2 aromatic carbocycles. The molecular formula is C13H10Cl2N2O2. The van der Waals surface area contributed by atoms with Crippen molar-refractivity contribution in [3.8, 4) is 0 Å². The molecule has 0 heterocycles. The molecule has 19 heavy (non-hydrogen) atoms. The van der Waals surface area contributed by atoms with Crippen LogP contribution in [0.3, 0.4) is 0 Å². The van der Waals surface area contributed by atoms with E-state index >= 15 is 0 Å². The van der Waals surface area contributed by atoms with Crippen LogP contribution in [0.2, 0.25) is 10.0 Å². The Kier molecular flexibility index (Phi) is 4.27. The number of carbonyl (C=O) groups excluding carboxylic acids is 1. The van der Waals surface area contributed by atoms with E-state index in [9.17, 15) is 4.79 Å². The van der Waals surface area contributed by atoms with Crippen molar-refractivity contribution in [3.05, 3.63) is 58.1 Å². The van der Waals surface area contributed by atoms with Crippen LogP contribution in [0, 0.1) is 0 Å². The van der Waals surface area contributed by atoms with Gasteiger partial charge in [0.1, 0.15) is 0 Å². The molecule has 6 heteroatoms. The molecule has 0 fully saturated rings. The minimum absolute atomic E-state index is 0.316. The van der Waals surface area contributed by atoms with E-state index in [-0.39, 0.29) is 0 Å². The first kappa shape index (κ1) is 13.7. The van der Waals surface area contributed by atoms with Gasteiger partial charge in [0.05, 0.1) is 21.3 Å². The van der Waals surface area contributed by atoms with Gasteiger partial charge in [-0.25, -0.2) is 5.48 Å². The summed E-state index contributed by atoms with van der Waals surface area (Å²) in [4.78, 5) is 11.5. The fraction of sp³-hybridized carbons (Fsp3) is 0. The molecule has 3 N–H and O–H groups in total. The van der Waals surface area contributed by atoms with Crippen LogP contribution in [0.4, 0.5) is 11.4 Å². The number of rotatable bonds is 3. The normalized spacial score (nSPS) is 10.1. The summed E-state index contributed by atoms with van der Waals surface area (Å²) >= 11 is 11.7. The Morgan fingerprint density at radius 3 is 2.47 bits per heavy atom. The van der Waals surface area contributed by atoms with Gasteiger partial charge >= 0.3 is 0 Å². The molecule has 0 atom stereocenters. The number of carbonyl (C=O) groups is 1. The maximum atomic E-state index is 11.5. The van der Waals surface area contributed by atoms with Gasteiger partial charge in [0, 0.05) is 5.69 Å². The Hall–Kier alpha value is -1.75. The summed E-state index contributed by atoms with van der Waals surface area (Å²) in [6, 6.07) is 11.8. The van der Waals surface area contributed by atoms with Crippen LogP contribution in [0.15, 0.2) is 42.5 Å². The van der Waals surface area contributed by atoms with Crippen LogP contribution in [0.5, 0.6) is 0 Å². The molecule has 0 unspecified atom stereocenters. The minimum Gasteiger partial charge on any atom is -0.355 e. The van der Waals surface area contributed by atoms with Crippen molar-refractivity contribution >= 4 is 40.5 Å². The second-order valence-corrected chi connectivity index (χ2v) is 4.55. The molecule has 2 aromatic rings. The van der Waals surface area contributed by atoms with Gasteiger partial charge in [-0.1, -0.05) is 35.3 Å². The Morgan fingerprint density at radius 1 is 1.05 bits per heavy atom. The van der Waals surface area contributed by atoms with E-state index in [1.54, 1.807) is 47.9 Å². The van der Waals surface area contributed by atoms with Gasteiger partial charge in [0.15, 0.2) is 0 Å². The third-order valence-corrected chi connectivity index (χ3v) is 3.21. The lowest BCUT2D eigenvalue weighted by Gasteiger charge is -2.11. The van der Waals surface area contributed by atoms with Crippen LogP contribution < -0.4 is 10.8 Å². The van der Waals surface area contributed by atoms with Crippen LogP contribution in [-0.4, -0.2) is 11.1 Å². The Balaban J connectivity index is 2.32. The molecule has 0 radical (unpaired) electrons. The zero-order chi connectivity index (χ0) is 13.8. The topological polar surface area (TPSA) is 61.4 Å². The first-order valence-electron chi connectivity index (χ1n) is 5.37.